The highest BCUT2D eigenvalue weighted by molar-refractivity contribution is 9.09. The first-order valence-electron chi connectivity index (χ1n) is 17.7. The Morgan fingerprint density at radius 1 is 1.04 bits per heavy atom. The second kappa shape index (κ2) is 13.5. The number of carbonyl (C=O) groups excluding carboxylic acids is 1. The lowest BCUT2D eigenvalue weighted by Crippen LogP contribution is -2.43. The number of rotatable bonds is 9. The fraction of sp³-hybridized carbons (Fsp3) is 0.658. The van der Waals surface area contributed by atoms with Gasteiger partial charge in [0.05, 0.1) is 18.3 Å². The summed E-state index contributed by atoms with van der Waals surface area (Å²) in [5.74, 6) is 3.21. The molecular formula is C38H52BrN3O4. The van der Waals surface area contributed by atoms with Gasteiger partial charge >= 0.3 is 17.3 Å². The molecule has 0 radical (unpaired) electrons. The minimum absolute atomic E-state index is 0.172. The van der Waals surface area contributed by atoms with E-state index in [1.165, 1.54) is 41.4 Å². The molecular weight excluding hydrogens is 642 g/mol. The molecule has 0 amide bonds. The van der Waals surface area contributed by atoms with Gasteiger partial charge in [-0.3, -0.25) is 4.79 Å². The van der Waals surface area contributed by atoms with E-state index >= 15 is 0 Å². The summed E-state index contributed by atoms with van der Waals surface area (Å²) in [6, 6.07) is 9.08. The van der Waals surface area contributed by atoms with Gasteiger partial charge < -0.3 is 4.74 Å². The van der Waals surface area contributed by atoms with Crippen LogP contribution in [0.15, 0.2) is 63.2 Å². The molecule has 1 aromatic heterocycles. The largest absolute Gasteiger partial charge is 0.461 e. The molecule has 2 fully saturated rings. The van der Waals surface area contributed by atoms with E-state index in [2.05, 4.69) is 62.7 Å². The second-order valence-corrected chi connectivity index (χ2v) is 15.9. The number of esters is 1. The zero-order valence-electron chi connectivity index (χ0n) is 28.3. The van der Waals surface area contributed by atoms with E-state index in [4.69, 9.17) is 4.74 Å². The third-order valence-corrected chi connectivity index (χ3v) is 12.9. The van der Waals surface area contributed by atoms with Crippen LogP contribution in [-0.2, 0) is 16.1 Å². The van der Waals surface area contributed by atoms with Gasteiger partial charge in [-0.25, -0.2) is 23.5 Å². The molecule has 3 aliphatic carbocycles. The Morgan fingerprint density at radius 3 is 2.52 bits per heavy atom. The molecule has 0 N–H and O–H groups in total. The van der Waals surface area contributed by atoms with Gasteiger partial charge in [-0.05, 0) is 103 Å². The van der Waals surface area contributed by atoms with Crippen molar-refractivity contribution in [2.24, 2.45) is 40.9 Å². The number of hydrogen-bond acceptors (Lipinski definition) is 4. The molecule has 1 aliphatic heterocycles. The van der Waals surface area contributed by atoms with Crippen molar-refractivity contribution in [2.75, 3.05) is 5.33 Å². The van der Waals surface area contributed by atoms with Crippen LogP contribution in [-0.4, -0.2) is 31.3 Å². The van der Waals surface area contributed by atoms with Gasteiger partial charge in [0.1, 0.15) is 11.4 Å². The number of carbonyl (C=O) groups is 1. The molecule has 2 aromatic rings. The maximum Gasteiger partial charge on any atom is 0.352 e. The normalized spacial score (nSPS) is 30.6. The van der Waals surface area contributed by atoms with Crippen molar-refractivity contribution >= 4 is 21.9 Å². The summed E-state index contributed by atoms with van der Waals surface area (Å²) in [5, 5.41) is 0.172. The van der Waals surface area contributed by atoms with E-state index < -0.39 is 0 Å². The summed E-state index contributed by atoms with van der Waals surface area (Å²) in [5.41, 5.74) is 2.78. The van der Waals surface area contributed by atoms with Crippen molar-refractivity contribution in [2.45, 2.75) is 111 Å². The molecule has 46 heavy (non-hydrogen) atoms. The van der Waals surface area contributed by atoms with Crippen LogP contribution in [0.3, 0.4) is 0 Å². The zero-order chi connectivity index (χ0) is 32.7. The van der Waals surface area contributed by atoms with E-state index in [-0.39, 0.29) is 40.2 Å². The Kier molecular flexibility index (Phi) is 9.76. The van der Waals surface area contributed by atoms with Gasteiger partial charge in [-0.2, -0.15) is 0 Å². The molecule has 8 atom stereocenters. The summed E-state index contributed by atoms with van der Waals surface area (Å²) in [6.07, 6.45) is 13.8. The van der Waals surface area contributed by atoms with Gasteiger partial charge in [0.25, 0.3) is 0 Å². The Bertz CT molecular complexity index is 1600. The first-order chi connectivity index (χ1) is 22.0. The highest BCUT2D eigenvalue weighted by Gasteiger charge is 2.53. The Morgan fingerprint density at radius 2 is 1.80 bits per heavy atom. The van der Waals surface area contributed by atoms with E-state index in [1.54, 1.807) is 9.36 Å². The molecule has 4 aliphatic rings. The minimum Gasteiger partial charge on any atom is -0.461 e. The summed E-state index contributed by atoms with van der Waals surface area (Å²) < 4.78 is 10.7. The molecule has 2 heterocycles. The number of ether oxygens (including phenoxy) is 1. The van der Waals surface area contributed by atoms with Crippen molar-refractivity contribution < 1.29 is 9.53 Å². The predicted molar refractivity (Wildman–Crippen MR) is 186 cm³/mol. The first kappa shape index (κ1) is 33.3. The summed E-state index contributed by atoms with van der Waals surface area (Å²) in [4.78, 5) is 40.4. The van der Waals surface area contributed by atoms with Crippen LogP contribution in [0, 0.1) is 40.9 Å². The van der Waals surface area contributed by atoms with E-state index in [1.807, 2.05) is 30.3 Å². The topological polar surface area (TPSA) is 75.2 Å². The molecule has 1 aromatic carbocycles. The number of hydrogen-bond donors (Lipinski definition) is 0. The molecule has 250 valence electrons. The van der Waals surface area contributed by atoms with Crippen LogP contribution in [0.5, 0.6) is 0 Å². The zero-order valence-corrected chi connectivity index (χ0v) is 29.9. The number of benzene rings is 1. The molecule has 6 rings (SSSR count). The van der Waals surface area contributed by atoms with E-state index in [9.17, 15) is 14.4 Å². The SMILES string of the molecule is CC(C)[C@@H](C)/C=C/[C@@H](C)C1CCC2C(C[C@H]3C4=C(CC[C@H](OC(=O)CBr)C4)Cn4c(=O)n(-c5ccccc5)c(=O)n43)CCCC21C. The maximum absolute atomic E-state index is 14.3. The van der Waals surface area contributed by atoms with Gasteiger partial charge in [0.2, 0.25) is 0 Å². The lowest BCUT2D eigenvalue weighted by molar-refractivity contribution is -0.146. The lowest BCUT2D eigenvalue weighted by atomic mass is 9.58. The fourth-order valence-electron chi connectivity index (χ4n) is 9.69. The Labute approximate surface area is 282 Å². The van der Waals surface area contributed by atoms with E-state index in [0.717, 1.165) is 25.7 Å². The third-order valence-electron chi connectivity index (χ3n) is 12.5. The van der Waals surface area contributed by atoms with Crippen LogP contribution >= 0.6 is 15.9 Å². The molecule has 7 nitrogen and oxygen atoms in total. The summed E-state index contributed by atoms with van der Waals surface area (Å²) in [7, 11) is 0. The monoisotopic (exact) mass is 693 g/mol. The smallest absolute Gasteiger partial charge is 0.352 e. The van der Waals surface area contributed by atoms with Gasteiger partial charge in [-0.15, -0.1) is 0 Å². The van der Waals surface area contributed by atoms with Crippen molar-refractivity contribution in [1.82, 2.24) is 13.9 Å². The molecule has 4 unspecified atom stereocenters. The number of aromatic nitrogens is 3. The second-order valence-electron chi connectivity index (χ2n) is 15.3. The van der Waals surface area contributed by atoms with Gasteiger partial charge in [-0.1, -0.05) is 93.7 Å². The van der Waals surface area contributed by atoms with Crippen LogP contribution < -0.4 is 11.4 Å². The predicted octanol–water partition coefficient (Wildman–Crippen LogP) is 7.85. The minimum atomic E-state index is -0.272. The number of halogens is 1. The third kappa shape index (κ3) is 6.08. The number of alkyl halides is 1. The van der Waals surface area contributed by atoms with Crippen molar-refractivity contribution in [3.05, 3.63) is 74.6 Å². The van der Waals surface area contributed by atoms with Crippen LogP contribution in [0.4, 0.5) is 0 Å². The van der Waals surface area contributed by atoms with E-state index in [0.29, 0.717) is 54.2 Å². The average molecular weight is 695 g/mol. The average Bonchev–Trinajstić information content (AvgIpc) is 3.53. The highest BCUT2D eigenvalue weighted by atomic mass is 79.9. The first-order valence-corrected chi connectivity index (χ1v) is 18.8. The number of fused-ring (bicyclic) bond motifs is 2. The quantitative estimate of drug-likeness (QED) is 0.152. The Balaban J connectivity index is 1.34. The summed E-state index contributed by atoms with van der Waals surface area (Å²) >= 11 is 3.24. The van der Waals surface area contributed by atoms with Crippen LogP contribution in [0.2, 0.25) is 0 Å². The van der Waals surface area contributed by atoms with Gasteiger partial charge in [0, 0.05) is 6.42 Å². The number of para-hydroxylation sites is 1. The molecule has 2 saturated carbocycles. The standard InChI is InChI=1S/C38H52BrN3O4/c1-24(2)25(3)13-14-26(4)32-17-18-33-27(10-9-19-38(32,33)5)20-34-31-21-30(46-35(43)22-39)16-15-28(31)23-40-36(44)41(37(45)42(34)40)29-11-7-6-8-12-29/h6-8,11-14,24-27,30,32-34H,9-10,15-23H2,1-5H3/b14-13+/t25-,26+,27?,30-,32?,33?,34-,38?/m0/s1. The van der Waals surface area contributed by atoms with Crippen molar-refractivity contribution in [3.8, 4) is 5.69 Å². The highest BCUT2D eigenvalue weighted by Crippen LogP contribution is 2.61. The van der Waals surface area contributed by atoms with Crippen LogP contribution in [0.25, 0.3) is 5.69 Å². The number of allylic oxidation sites excluding steroid dienone is 3. The molecule has 0 saturated heterocycles. The fourth-order valence-corrected chi connectivity index (χ4v) is 9.82. The number of nitrogens with zero attached hydrogens (tertiary/aromatic N) is 3. The molecule has 0 spiro atoms. The summed E-state index contributed by atoms with van der Waals surface area (Å²) in [6.45, 7) is 12.3. The molecule has 8 heteroatoms. The van der Waals surface area contributed by atoms with Gasteiger partial charge in [0.15, 0.2) is 0 Å². The maximum atomic E-state index is 14.3. The Hall–Kier alpha value is -2.61. The molecule has 0 bridgehead atoms. The van der Waals surface area contributed by atoms with Crippen molar-refractivity contribution in [3.63, 3.8) is 0 Å². The van der Waals surface area contributed by atoms with Crippen LogP contribution in [0.1, 0.15) is 98.4 Å². The lowest BCUT2D eigenvalue weighted by Gasteiger charge is -2.48. The van der Waals surface area contributed by atoms with Crippen molar-refractivity contribution in [1.29, 1.82) is 0 Å².